The molecular weight excluding hydrogens is 96.0 g/mol. The van der Waals surface area contributed by atoms with Crippen molar-refractivity contribution in [3.63, 3.8) is 0 Å². The standard InChI is InChI=1S/C3H8N2O2/c1-3-4(2)5(6)7/h3H2,1-2H3. The highest BCUT2D eigenvalue weighted by Gasteiger charge is 1.98. The Bertz CT molecular complexity index is 73.3. The minimum atomic E-state index is -0.444. The van der Waals surface area contributed by atoms with Crippen LogP contribution in [0.4, 0.5) is 0 Å². The molecule has 0 heterocycles. The summed E-state index contributed by atoms with van der Waals surface area (Å²) < 4.78 is 0. The molecule has 0 aliphatic rings. The molecule has 4 heteroatoms. The summed E-state index contributed by atoms with van der Waals surface area (Å²) in [7, 11) is 1.43. The van der Waals surface area contributed by atoms with Crippen LogP contribution in [-0.4, -0.2) is 23.6 Å². The van der Waals surface area contributed by atoms with E-state index < -0.39 is 5.03 Å². The molecule has 0 aliphatic carbocycles. The van der Waals surface area contributed by atoms with Crippen molar-refractivity contribution in [1.82, 2.24) is 5.01 Å². The molecule has 0 aromatic rings. The Labute approximate surface area is 41.9 Å². The van der Waals surface area contributed by atoms with Gasteiger partial charge in [0.1, 0.15) is 0 Å². The maximum Gasteiger partial charge on any atom is 0.159 e. The van der Waals surface area contributed by atoms with E-state index in [0.29, 0.717) is 6.54 Å². The van der Waals surface area contributed by atoms with Gasteiger partial charge in [0.05, 0.1) is 13.6 Å². The van der Waals surface area contributed by atoms with Crippen LogP contribution in [-0.2, 0) is 0 Å². The van der Waals surface area contributed by atoms with Gasteiger partial charge < -0.3 is 0 Å². The molecule has 0 rings (SSSR count). The lowest BCUT2D eigenvalue weighted by atomic mass is 10.7. The highest BCUT2D eigenvalue weighted by atomic mass is 16.7. The van der Waals surface area contributed by atoms with Crippen molar-refractivity contribution in [2.24, 2.45) is 0 Å². The van der Waals surface area contributed by atoms with E-state index in [-0.39, 0.29) is 0 Å². The number of nitrogens with zero attached hydrogens (tertiary/aromatic N) is 2. The molecule has 0 saturated heterocycles. The maximum absolute atomic E-state index is 9.66. The van der Waals surface area contributed by atoms with Crippen LogP contribution in [0.2, 0.25) is 0 Å². The predicted molar refractivity (Wildman–Crippen MR) is 25.3 cm³/mol. The first-order valence-electron chi connectivity index (χ1n) is 2.04. The lowest BCUT2D eigenvalue weighted by Gasteiger charge is -2.01. The highest BCUT2D eigenvalue weighted by molar-refractivity contribution is 4.19. The lowest BCUT2D eigenvalue weighted by Crippen LogP contribution is -2.24. The molecule has 4 nitrogen and oxygen atoms in total. The van der Waals surface area contributed by atoms with Crippen molar-refractivity contribution >= 4 is 0 Å². The topological polar surface area (TPSA) is 46.4 Å². The van der Waals surface area contributed by atoms with Crippen LogP contribution in [0.25, 0.3) is 0 Å². The zero-order valence-corrected chi connectivity index (χ0v) is 4.42. The second-order valence-corrected chi connectivity index (χ2v) is 1.21. The fourth-order valence-corrected chi connectivity index (χ4v) is 0.115. The molecule has 0 atom stereocenters. The number of hydrazine groups is 1. The molecule has 0 radical (unpaired) electrons. The van der Waals surface area contributed by atoms with Gasteiger partial charge in [0.15, 0.2) is 5.03 Å². The van der Waals surface area contributed by atoms with Gasteiger partial charge in [-0.3, -0.25) is 0 Å². The number of hydrogen-bond donors (Lipinski definition) is 0. The predicted octanol–water partition coefficient (Wildman–Crippen LogP) is 0.130. The van der Waals surface area contributed by atoms with Gasteiger partial charge in [-0.1, -0.05) is 0 Å². The van der Waals surface area contributed by atoms with Gasteiger partial charge >= 0.3 is 0 Å². The van der Waals surface area contributed by atoms with Gasteiger partial charge in [-0.25, -0.2) is 10.1 Å². The van der Waals surface area contributed by atoms with E-state index in [1.54, 1.807) is 6.92 Å². The van der Waals surface area contributed by atoms with Crippen LogP contribution in [0.3, 0.4) is 0 Å². The Morgan fingerprint density at radius 3 is 2.29 bits per heavy atom. The van der Waals surface area contributed by atoms with Crippen LogP contribution in [0, 0.1) is 10.1 Å². The first-order chi connectivity index (χ1) is 3.18. The monoisotopic (exact) mass is 104 g/mol. The van der Waals surface area contributed by atoms with Crippen LogP contribution >= 0.6 is 0 Å². The third kappa shape index (κ3) is 1.97. The summed E-state index contributed by atoms with van der Waals surface area (Å²) >= 11 is 0. The largest absolute Gasteiger partial charge is 0.235 e. The molecule has 0 aromatic heterocycles. The van der Waals surface area contributed by atoms with Gasteiger partial charge in [-0.05, 0) is 6.92 Å². The second kappa shape index (κ2) is 2.39. The van der Waals surface area contributed by atoms with E-state index in [2.05, 4.69) is 0 Å². The average Bonchev–Trinajstić information content (AvgIpc) is 1.65. The molecule has 42 valence electrons. The molecule has 0 unspecified atom stereocenters. The normalized spacial score (nSPS) is 8.29. The zero-order valence-electron chi connectivity index (χ0n) is 4.42. The molecular formula is C3H8N2O2. The fraction of sp³-hybridized carbons (Fsp3) is 1.00. The number of hydrogen-bond acceptors (Lipinski definition) is 2. The summed E-state index contributed by atoms with van der Waals surface area (Å²) in [5.74, 6) is 0. The minimum absolute atomic E-state index is 0.444. The summed E-state index contributed by atoms with van der Waals surface area (Å²) in [6.45, 7) is 2.18. The van der Waals surface area contributed by atoms with E-state index in [1.807, 2.05) is 0 Å². The van der Waals surface area contributed by atoms with Crippen molar-refractivity contribution in [2.45, 2.75) is 6.92 Å². The molecule has 0 bridgehead atoms. The lowest BCUT2D eigenvalue weighted by molar-refractivity contribution is -0.648. The van der Waals surface area contributed by atoms with Crippen LogP contribution in [0.1, 0.15) is 6.92 Å². The smallest absolute Gasteiger partial charge is 0.159 e. The van der Waals surface area contributed by atoms with Crippen molar-refractivity contribution < 1.29 is 5.03 Å². The third-order valence-corrected chi connectivity index (χ3v) is 0.736. The first-order valence-corrected chi connectivity index (χ1v) is 2.04. The van der Waals surface area contributed by atoms with Crippen LogP contribution in [0.5, 0.6) is 0 Å². The quantitative estimate of drug-likeness (QED) is 0.369. The molecule has 0 fully saturated rings. The van der Waals surface area contributed by atoms with Crippen molar-refractivity contribution in [1.29, 1.82) is 0 Å². The van der Waals surface area contributed by atoms with Crippen LogP contribution < -0.4 is 0 Å². The van der Waals surface area contributed by atoms with Gasteiger partial charge in [0.25, 0.3) is 0 Å². The van der Waals surface area contributed by atoms with Crippen molar-refractivity contribution in [3.8, 4) is 0 Å². The van der Waals surface area contributed by atoms with Crippen molar-refractivity contribution in [3.05, 3.63) is 10.1 Å². The fourth-order valence-electron chi connectivity index (χ4n) is 0.115. The second-order valence-electron chi connectivity index (χ2n) is 1.21. The first kappa shape index (κ1) is 6.20. The Kier molecular flexibility index (Phi) is 2.11. The molecule has 0 N–H and O–H groups in total. The minimum Gasteiger partial charge on any atom is -0.235 e. The Morgan fingerprint density at radius 1 is 1.86 bits per heavy atom. The Hall–Kier alpha value is -0.800. The van der Waals surface area contributed by atoms with E-state index in [1.165, 1.54) is 7.05 Å². The summed E-state index contributed by atoms with van der Waals surface area (Å²) in [6, 6.07) is 0. The summed E-state index contributed by atoms with van der Waals surface area (Å²) in [4.78, 5) is 9.66. The van der Waals surface area contributed by atoms with Gasteiger partial charge in [-0.2, -0.15) is 0 Å². The molecule has 0 saturated carbocycles. The molecule has 7 heavy (non-hydrogen) atoms. The SMILES string of the molecule is CCN(C)[N+](=O)[O-]. The third-order valence-electron chi connectivity index (χ3n) is 0.736. The summed E-state index contributed by atoms with van der Waals surface area (Å²) in [6.07, 6.45) is 0. The summed E-state index contributed by atoms with van der Waals surface area (Å²) in [5.41, 5.74) is 0. The maximum atomic E-state index is 9.66. The molecule has 0 amide bonds. The molecule has 0 spiro atoms. The van der Waals surface area contributed by atoms with Gasteiger partial charge in [-0.15, -0.1) is 5.01 Å². The van der Waals surface area contributed by atoms with E-state index in [0.717, 1.165) is 5.01 Å². The Balaban J connectivity index is 3.34. The molecule has 0 aromatic carbocycles. The van der Waals surface area contributed by atoms with Gasteiger partial charge in [0.2, 0.25) is 0 Å². The van der Waals surface area contributed by atoms with Crippen LogP contribution in [0.15, 0.2) is 0 Å². The zero-order chi connectivity index (χ0) is 5.86. The Morgan fingerprint density at radius 2 is 2.29 bits per heavy atom. The highest BCUT2D eigenvalue weighted by Crippen LogP contribution is 1.76. The average molecular weight is 104 g/mol. The van der Waals surface area contributed by atoms with E-state index in [4.69, 9.17) is 0 Å². The van der Waals surface area contributed by atoms with Gasteiger partial charge in [0, 0.05) is 0 Å². The van der Waals surface area contributed by atoms with Crippen molar-refractivity contribution in [2.75, 3.05) is 13.6 Å². The number of rotatable bonds is 2. The molecule has 0 aliphatic heterocycles. The number of nitro groups is 1. The van der Waals surface area contributed by atoms with E-state index >= 15 is 0 Å². The van der Waals surface area contributed by atoms with E-state index in [9.17, 15) is 10.1 Å². The summed E-state index contributed by atoms with van der Waals surface area (Å²) in [5, 5.41) is 10.2.